The monoisotopic (exact) mass is 224 g/mol. The van der Waals surface area contributed by atoms with Gasteiger partial charge in [0.2, 0.25) is 0 Å². The number of aromatic nitrogens is 2. The highest BCUT2D eigenvalue weighted by molar-refractivity contribution is 5.92. The van der Waals surface area contributed by atoms with E-state index in [0.717, 1.165) is 24.3 Å². The molecule has 4 rings (SSSR count). The molecular formula is C14H12N2O. The normalized spacial score (nSPS) is 13.7. The lowest BCUT2D eigenvalue weighted by Gasteiger charge is -2.11. The predicted molar refractivity (Wildman–Crippen MR) is 65.8 cm³/mol. The first-order chi connectivity index (χ1) is 8.36. The lowest BCUT2D eigenvalue weighted by molar-refractivity contribution is 0.563. The molecule has 84 valence electrons. The molecule has 0 fully saturated rings. The molecule has 17 heavy (non-hydrogen) atoms. The lowest BCUT2D eigenvalue weighted by atomic mass is 9.97. The van der Waals surface area contributed by atoms with Crippen LogP contribution < -0.4 is 0 Å². The van der Waals surface area contributed by atoms with Gasteiger partial charge in [-0.1, -0.05) is 18.2 Å². The summed E-state index contributed by atoms with van der Waals surface area (Å²) in [5.41, 5.74) is 4.95. The SMILES string of the molecule is Cn1c2c(c3ccccc31)CCc1ncoc1-2. The summed E-state index contributed by atoms with van der Waals surface area (Å²) >= 11 is 0. The fraction of sp³-hybridized carbons (Fsp3) is 0.214. The molecule has 0 radical (unpaired) electrons. The summed E-state index contributed by atoms with van der Waals surface area (Å²) < 4.78 is 7.78. The van der Waals surface area contributed by atoms with Gasteiger partial charge in [-0.3, -0.25) is 0 Å². The first-order valence-electron chi connectivity index (χ1n) is 5.85. The molecule has 0 spiro atoms. The van der Waals surface area contributed by atoms with Crippen molar-refractivity contribution in [1.29, 1.82) is 0 Å². The molecule has 0 saturated carbocycles. The van der Waals surface area contributed by atoms with E-state index in [1.807, 2.05) is 0 Å². The molecule has 1 aliphatic rings. The van der Waals surface area contributed by atoms with Gasteiger partial charge in [-0.2, -0.15) is 0 Å². The second-order valence-corrected chi connectivity index (χ2v) is 4.53. The Balaban J connectivity index is 2.19. The number of hydrogen-bond acceptors (Lipinski definition) is 2. The summed E-state index contributed by atoms with van der Waals surface area (Å²) in [6, 6.07) is 8.52. The van der Waals surface area contributed by atoms with E-state index in [9.17, 15) is 0 Å². The third-order valence-corrected chi connectivity index (χ3v) is 3.68. The van der Waals surface area contributed by atoms with Gasteiger partial charge in [0.15, 0.2) is 12.2 Å². The number of nitrogens with zero attached hydrogens (tertiary/aromatic N) is 2. The van der Waals surface area contributed by atoms with Crippen molar-refractivity contribution in [1.82, 2.24) is 9.55 Å². The number of oxazole rings is 1. The van der Waals surface area contributed by atoms with Crippen LogP contribution in [0.15, 0.2) is 35.1 Å². The van der Waals surface area contributed by atoms with Crippen LogP contribution >= 0.6 is 0 Å². The standard InChI is InChI=1S/C14H12N2O/c1-16-12-5-3-2-4-9(12)10-6-7-11-14(13(10)16)17-8-15-11/h2-5,8H,6-7H2,1H3. The maximum absolute atomic E-state index is 5.56. The fourth-order valence-electron chi connectivity index (χ4n) is 2.90. The number of hydrogen-bond donors (Lipinski definition) is 0. The molecule has 2 aromatic heterocycles. The minimum Gasteiger partial charge on any atom is -0.442 e. The maximum atomic E-state index is 5.56. The van der Waals surface area contributed by atoms with E-state index in [-0.39, 0.29) is 0 Å². The third kappa shape index (κ3) is 1.04. The number of benzene rings is 1. The zero-order valence-electron chi connectivity index (χ0n) is 9.60. The van der Waals surface area contributed by atoms with E-state index in [4.69, 9.17) is 4.42 Å². The first kappa shape index (κ1) is 9.05. The molecule has 3 heteroatoms. The van der Waals surface area contributed by atoms with Crippen molar-refractivity contribution in [2.45, 2.75) is 12.8 Å². The van der Waals surface area contributed by atoms with Crippen LogP contribution in [0.5, 0.6) is 0 Å². The Morgan fingerprint density at radius 3 is 3.06 bits per heavy atom. The summed E-state index contributed by atoms with van der Waals surface area (Å²) in [7, 11) is 2.10. The Hall–Kier alpha value is -2.03. The summed E-state index contributed by atoms with van der Waals surface area (Å²) in [5.74, 6) is 0.949. The van der Waals surface area contributed by atoms with E-state index < -0.39 is 0 Å². The van der Waals surface area contributed by atoms with Gasteiger partial charge < -0.3 is 8.98 Å². The minimum absolute atomic E-state index is 0.949. The molecular weight excluding hydrogens is 212 g/mol. The van der Waals surface area contributed by atoms with Gasteiger partial charge in [-0.15, -0.1) is 0 Å². The van der Waals surface area contributed by atoms with Gasteiger partial charge in [0.05, 0.1) is 11.4 Å². The zero-order chi connectivity index (χ0) is 11.4. The Kier molecular flexibility index (Phi) is 1.60. The van der Waals surface area contributed by atoms with Gasteiger partial charge in [-0.25, -0.2) is 4.98 Å². The average Bonchev–Trinajstić information content (AvgIpc) is 2.93. The molecule has 0 saturated heterocycles. The molecule has 0 bridgehead atoms. The van der Waals surface area contributed by atoms with Crippen LogP contribution in [0.25, 0.3) is 22.4 Å². The second-order valence-electron chi connectivity index (χ2n) is 4.53. The molecule has 0 aliphatic heterocycles. The van der Waals surface area contributed by atoms with E-state index in [0.29, 0.717) is 0 Å². The van der Waals surface area contributed by atoms with Crippen LogP contribution in [0.1, 0.15) is 11.3 Å². The van der Waals surface area contributed by atoms with Gasteiger partial charge in [0.25, 0.3) is 0 Å². The summed E-state index contributed by atoms with van der Waals surface area (Å²) in [6.45, 7) is 0. The molecule has 0 atom stereocenters. The molecule has 0 unspecified atom stereocenters. The minimum atomic E-state index is 0.949. The molecule has 1 aliphatic carbocycles. The lowest BCUT2D eigenvalue weighted by Crippen LogP contribution is -2.04. The van der Waals surface area contributed by atoms with Crippen molar-refractivity contribution >= 4 is 10.9 Å². The van der Waals surface area contributed by atoms with Crippen molar-refractivity contribution in [2.75, 3.05) is 0 Å². The molecule has 2 heterocycles. The topological polar surface area (TPSA) is 31.0 Å². The van der Waals surface area contributed by atoms with Crippen LogP contribution in [0.3, 0.4) is 0 Å². The first-order valence-corrected chi connectivity index (χ1v) is 5.85. The van der Waals surface area contributed by atoms with Crippen molar-refractivity contribution < 1.29 is 4.42 Å². The highest BCUT2D eigenvalue weighted by Gasteiger charge is 2.25. The molecule has 1 aromatic carbocycles. The van der Waals surface area contributed by atoms with E-state index in [1.54, 1.807) is 6.39 Å². The summed E-state index contributed by atoms with van der Waals surface area (Å²) in [6.07, 6.45) is 3.58. The number of para-hydroxylation sites is 1. The van der Waals surface area contributed by atoms with Gasteiger partial charge >= 0.3 is 0 Å². The van der Waals surface area contributed by atoms with E-state index >= 15 is 0 Å². The molecule has 3 aromatic rings. The summed E-state index contributed by atoms with van der Waals surface area (Å²) in [4.78, 5) is 4.29. The van der Waals surface area contributed by atoms with Crippen LogP contribution in [-0.2, 0) is 19.9 Å². The van der Waals surface area contributed by atoms with Crippen LogP contribution in [0, 0.1) is 0 Å². The van der Waals surface area contributed by atoms with E-state index in [1.165, 1.54) is 22.2 Å². The van der Waals surface area contributed by atoms with Crippen molar-refractivity contribution in [2.24, 2.45) is 7.05 Å². The third-order valence-electron chi connectivity index (χ3n) is 3.68. The maximum Gasteiger partial charge on any atom is 0.181 e. The summed E-state index contributed by atoms with van der Waals surface area (Å²) in [5, 5.41) is 1.34. The zero-order valence-corrected chi connectivity index (χ0v) is 9.60. The molecule has 0 N–H and O–H groups in total. The van der Waals surface area contributed by atoms with Crippen molar-refractivity contribution in [3.05, 3.63) is 41.9 Å². The fourth-order valence-corrected chi connectivity index (χ4v) is 2.90. The van der Waals surface area contributed by atoms with Crippen LogP contribution in [-0.4, -0.2) is 9.55 Å². The Morgan fingerprint density at radius 1 is 1.24 bits per heavy atom. The predicted octanol–water partition coefficient (Wildman–Crippen LogP) is 2.93. The Morgan fingerprint density at radius 2 is 2.12 bits per heavy atom. The highest BCUT2D eigenvalue weighted by atomic mass is 16.3. The smallest absolute Gasteiger partial charge is 0.181 e. The second kappa shape index (κ2) is 3.00. The van der Waals surface area contributed by atoms with Crippen LogP contribution in [0.2, 0.25) is 0 Å². The molecule has 3 nitrogen and oxygen atoms in total. The number of fused-ring (bicyclic) bond motifs is 5. The van der Waals surface area contributed by atoms with Gasteiger partial charge in [0, 0.05) is 18.0 Å². The van der Waals surface area contributed by atoms with Crippen LogP contribution in [0.4, 0.5) is 0 Å². The van der Waals surface area contributed by atoms with E-state index in [2.05, 4.69) is 40.9 Å². The highest BCUT2D eigenvalue weighted by Crippen LogP contribution is 2.38. The van der Waals surface area contributed by atoms with Crippen molar-refractivity contribution in [3.8, 4) is 11.5 Å². The molecule has 0 amide bonds. The Bertz CT molecular complexity index is 721. The number of aryl methyl sites for hydroxylation is 3. The largest absolute Gasteiger partial charge is 0.442 e. The average molecular weight is 224 g/mol. The van der Waals surface area contributed by atoms with Gasteiger partial charge in [-0.05, 0) is 24.5 Å². The number of rotatable bonds is 0. The van der Waals surface area contributed by atoms with Gasteiger partial charge in [0.1, 0.15) is 0 Å². The Labute approximate surface area is 98.7 Å². The quantitative estimate of drug-likeness (QED) is 0.588. The van der Waals surface area contributed by atoms with Crippen molar-refractivity contribution in [3.63, 3.8) is 0 Å².